The molecular formula is C17H30IN5O. The number of aromatic nitrogens is 1. The van der Waals surface area contributed by atoms with E-state index in [0.29, 0.717) is 6.04 Å². The number of aryl methyl sites for hydroxylation is 2. The van der Waals surface area contributed by atoms with Crippen molar-refractivity contribution in [3.05, 3.63) is 17.0 Å². The number of hydrogen-bond donors (Lipinski definition) is 2. The first-order valence-corrected chi connectivity index (χ1v) is 8.80. The lowest BCUT2D eigenvalue weighted by atomic mass is 10.1. The van der Waals surface area contributed by atoms with Crippen molar-refractivity contribution in [1.82, 2.24) is 20.7 Å². The normalized spacial score (nSPS) is 19.9. The number of guanidine groups is 1. The van der Waals surface area contributed by atoms with Crippen LogP contribution in [0.1, 0.15) is 42.7 Å². The summed E-state index contributed by atoms with van der Waals surface area (Å²) in [5.41, 5.74) is 2.19. The molecule has 1 aromatic rings. The number of aliphatic imine (C=N–C) groups is 1. The van der Waals surface area contributed by atoms with Crippen molar-refractivity contribution >= 4 is 29.9 Å². The highest BCUT2D eigenvalue weighted by Gasteiger charge is 2.31. The van der Waals surface area contributed by atoms with Crippen LogP contribution in [0.15, 0.2) is 9.52 Å². The van der Waals surface area contributed by atoms with Crippen molar-refractivity contribution in [3.8, 4) is 0 Å². The van der Waals surface area contributed by atoms with E-state index in [1.54, 1.807) is 0 Å². The molecule has 0 bridgehead atoms. The van der Waals surface area contributed by atoms with Crippen LogP contribution in [0.3, 0.4) is 0 Å². The molecular weight excluding hydrogens is 417 g/mol. The van der Waals surface area contributed by atoms with Gasteiger partial charge in [0.1, 0.15) is 5.76 Å². The summed E-state index contributed by atoms with van der Waals surface area (Å²) < 4.78 is 5.21. The minimum Gasteiger partial charge on any atom is -0.361 e. The SMILES string of the molecule is CN=C(NCCc1c(C)noc1C)NC1CCN(C2CC2)CC1.I. The topological polar surface area (TPSA) is 65.7 Å². The highest BCUT2D eigenvalue weighted by atomic mass is 127. The molecule has 1 aliphatic carbocycles. The quantitative estimate of drug-likeness (QED) is 0.412. The molecule has 2 fully saturated rings. The van der Waals surface area contributed by atoms with Gasteiger partial charge in [-0.15, -0.1) is 24.0 Å². The summed E-state index contributed by atoms with van der Waals surface area (Å²) in [7, 11) is 1.84. The van der Waals surface area contributed by atoms with Gasteiger partial charge in [0, 0.05) is 44.3 Å². The van der Waals surface area contributed by atoms with Crippen molar-refractivity contribution in [2.45, 2.75) is 58.0 Å². The summed E-state index contributed by atoms with van der Waals surface area (Å²) in [4.78, 5) is 7.00. The van der Waals surface area contributed by atoms with Crippen LogP contribution >= 0.6 is 24.0 Å². The lowest BCUT2D eigenvalue weighted by Crippen LogP contribution is -2.49. The second-order valence-electron chi connectivity index (χ2n) is 6.74. The van der Waals surface area contributed by atoms with Crippen LogP contribution in [0, 0.1) is 13.8 Å². The summed E-state index contributed by atoms with van der Waals surface area (Å²) in [5, 5.41) is 11.0. The van der Waals surface area contributed by atoms with E-state index in [1.807, 2.05) is 20.9 Å². The van der Waals surface area contributed by atoms with Crippen LogP contribution in [0.2, 0.25) is 0 Å². The van der Waals surface area contributed by atoms with E-state index in [4.69, 9.17) is 4.52 Å². The maximum atomic E-state index is 5.21. The first-order valence-electron chi connectivity index (χ1n) is 8.80. The van der Waals surface area contributed by atoms with E-state index in [-0.39, 0.29) is 24.0 Å². The molecule has 2 aliphatic rings. The van der Waals surface area contributed by atoms with E-state index >= 15 is 0 Å². The van der Waals surface area contributed by atoms with Gasteiger partial charge in [-0.05, 0) is 46.0 Å². The summed E-state index contributed by atoms with van der Waals surface area (Å²) in [5.74, 6) is 1.82. The van der Waals surface area contributed by atoms with E-state index in [2.05, 4.69) is 25.7 Å². The van der Waals surface area contributed by atoms with Crippen LogP contribution in [0.4, 0.5) is 0 Å². The Labute approximate surface area is 161 Å². The molecule has 7 heteroatoms. The Bertz CT molecular complexity index is 528. The Morgan fingerprint density at radius 2 is 1.96 bits per heavy atom. The lowest BCUT2D eigenvalue weighted by molar-refractivity contribution is 0.197. The van der Waals surface area contributed by atoms with Crippen molar-refractivity contribution in [2.75, 3.05) is 26.7 Å². The number of nitrogens with one attached hydrogen (secondary N) is 2. The molecule has 2 heterocycles. The Balaban J connectivity index is 0.00000208. The standard InChI is InChI=1S/C17H29N5O.HI/c1-12-16(13(2)23-21-12)6-9-19-17(18-3)20-14-7-10-22(11-8-14)15-4-5-15;/h14-15H,4-11H2,1-3H3,(H2,18,19,20);1H. The molecule has 0 spiro atoms. The summed E-state index contributed by atoms with van der Waals surface area (Å²) in [6.45, 7) is 7.24. The third-order valence-corrected chi connectivity index (χ3v) is 5.01. The zero-order valence-electron chi connectivity index (χ0n) is 15.0. The summed E-state index contributed by atoms with van der Waals surface area (Å²) >= 11 is 0. The van der Waals surface area contributed by atoms with Gasteiger partial charge in [0.2, 0.25) is 0 Å². The monoisotopic (exact) mass is 447 g/mol. The molecule has 136 valence electrons. The third kappa shape index (κ3) is 5.08. The average Bonchev–Trinajstić information content (AvgIpc) is 3.36. The van der Waals surface area contributed by atoms with Gasteiger partial charge in [-0.25, -0.2) is 0 Å². The fourth-order valence-corrected chi connectivity index (χ4v) is 3.40. The predicted molar refractivity (Wildman–Crippen MR) is 107 cm³/mol. The molecule has 1 aliphatic heterocycles. The van der Waals surface area contributed by atoms with Gasteiger partial charge in [0.05, 0.1) is 5.69 Å². The molecule has 0 aromatic carbocycles. The van der Waals surface area contributed by atoms with E-state index < -0.39 is 0 Å². The first kappa shape index (κ1) is 19.5. The number of nitrogens with zero attached hydrogens (tertiary/aromatic N) is 3. The number of halogens is 1. The second kappa shape index (κ2) is 9.03. The molecule has 2 N–H and O–H groups in total. The maximum absolute atomic E-state index is 5.21. The largest absolute Gasteiger partial charge is 0.361 e. The fourth-order valence-electron chi connectivity index (χ4n) is 3.40. The molecule has 1 saturated heterocycles. The molecule has 1 saturated carbocycles. The van der Waals surface area contributed by atoms with Crippen molar-refractivity contribution in [1.29, 1.82) is 0 Å². The molecule has 24 heavy (non-hydrogen) atoms. The Morgan fingerprint density at radius 3 is 2.50 bits per heavy atom. The Hall–Kier alpha value is -0.830. The second-order valence-corrected chi connectivity index (χ2v) is 6.74. The van der Waals surface area contributed by atoms with Crippen molar-refractivity contribution in [3.63, 3.8) is 0 Å². The van der Waals surface area contributed by atoms with Crippen LogP contribution < -0.4 is 10.6 Å². The highest BCUT2D eigenvalue weighted by molar-refractivity contribution is 14.0. The predicted octanol–water partition coefficient (Wildman–Crippen LogP) is 2.24. The molecule has 0 unspecified atom stereocenters. The van der Waals surface area contributed by atoms with Gasteiger partial charge in [0.15, 0.2) is 5.96 Å². The van der Waals surface area contributed by atoms with Crippen molar-refractivity contribution < 1.29 is 4.52 Å². The minimum absolute atomic E-state index is 0. The van der Waals surface area contributed by atoms with Crippen LogP contribution in [-0.2, 0) is 6.42 Å². The minimum atomic E-state index is 0. The average molecular weight is 447 g/mol. The molecule has 0 amide bonds. The van der Waals surface area contributed by atoms with Crippen LogP contribution in [-0.4, -0.2) is 54.8 Å². The Morgan fingerprint density at radius 1 is 1.25 bits per heavy atom. The van der Waals surface area contributed by atoms with Gasteiger partial charge in [-0.3, -0.25) is 4.99 Å². The molecule has 0 atom stereocenters. The smallest absolute Gasteiger partial charge is 0.191 e. The fraction of sp³-hybridized carbons (Fsp3) is 0.765. The Kier molecular flexibility index (Phi) is 7.34. The zero-order valence-corrected chi connectivity index (χ0v) is 17.3. The summed E-state index contributed by atoms with van der Waals surface area (Å²) in [6.07, 6.45) is 6.14. The van der Waals surface area contributed by atoms with E-state index in [9.17, 15) is 0 Å². The van der Waals surface area contributed by atoms with Gasteiger partial charge in [-0.2, -0.15) is 0 Å². The molecule has 0 radical (unpaired) electrons. The van der Waals surface area contributed by atoms with Crippen molar-refractivity contribution in [2.24, 2.45) is 4.99 Å². The van der Waals surface area contributed by atoms with Crippen LogP contribution in [0.25, 0.3) is 0 Å². The first-order chi connectivity index (χ1) is 11.2. The van der Waals surface area contributed by atoms with Gasteiger partial charge in [0.25, 0.3) is 0 Å². The zero-order chi connectivity index (χ0) is 16.2. The van der Waals surface area contributed by atoms with Crippen LogP contribution in [0.5, 0.6) is 0 Å². The van der Waals surface area contributed by atoms with Gasteiger partial charge in [-0.1, -0.05) is 5.16 Å². The maximum Gasteiger partial charge on any atom is 0.191 e. The lowest BCUT2D eigenvalue weighted by Gasteiger charge is -2.33. The van der Waals surface area contributed by atoms with Gasteiger partial charge >= 0.3 is 0 Å². The van der Waals surface area contributed by atoms with E-state index in [1.165, 1.54) is 44.3 Å². The molecule has 6 nitrogen and oxygen atoms in total. The number of piperidine rings is 1. The van der Waals surface area contributed by atoms with Gasteiger partial charge < -0.3 is 20.1 Å². The van der Waals surface area contributed by atoms with E-state index in [0.717, 1.165) is 36.4 Å². The highest BCUT2D eigenvalue weighted by Crippen LogP contribution is 2.29. The summed E-state index contributed by atoms with van der Waals surface area (Å²) in [6, 6.07) is 1.43. The molecule has 3 rings (SSSR count). The number of likely N-dealkylation sites (tertiary alicyclic amines) is 1. The third-order valence-electron chi connectivity index (χ3n) is 5.01. The molecule has 1 aromatic heterocycles. The number of rotatable bonds is 5. The number of hydrogen-bond acceptors (Lipinski definition) is 4.